The van der Waals surface area contributed by atoms with Gasteiger partial charge in [0.05, 0.1) is 43.7 Å². The Bertz CT molecular complexity index is 1810. The van der Waals surface area contributed by atoms with Gasteiger partial charge in [-0.05, 0) is 67.6 Å². The third-order valence-electron chi connectivity index (χ3n) is 8.64. The highest BCUT2D eigenvalue weighted by Crippen LogP contribution is 2.52. The lowest BCUT2D eigenvalue weighted by Crippen LogP contribution is -2.64. The van der Waals surface area contributed by atoms with Crippen LogP contribution in [0.2, 0.25) is 0 Å². The molecule has 3 aromatic rings. The summed E-state index contributed by atoms with van der Waals surface area (Å²) in [6.07, 6.45) is 2.75. The second kappa shape index (κ2) is 10.8. The number of hydrogen-bond donors (Lipinski definition) is 2. The molecule has 1 aromatic heterocycles. The second-order valence-electron chi connectivity index (χ2n) is 11.2. The standard InChI is InChI=1S/C31H31N5O7S/c1-4-43-28-22(6-5-11-34-28)31(35-27(37)20-14-30(15-20)17-33-18-30)23-12-19(16-32)7-9-24(23)36(29(31)38)44(39,40)26-10-8-21(41-2)13-25(26)42-3/h5-13,20,33H,4,14-15,17-18H2,1-3H3,(H,35,37). The molecule has 6 rings (SSSR count). The predicted octanol–water partition coefficient (Wildman–Crippen LogP) is 2.46. The minimum absolute atomic E-state index is 0.0215. The van der Waals surface area contributed by atoms with Crippen LogP contribution in [0.15, 0.2) is 59.6 Å². The number of ether oxygens (including phenoxy) is 3. The summed E-state index contributed by atoms with van der Waals surface area (Å²) in [5.41, 5.74) is -1.61. The van der Waals surface area contributed by atoms with Crippen LogP contribution in [0.4, 0.5) is 5.69 Å². The first-order chi connectivity index (χ1) is 21.1. The molecule has 3 aliphatic rings. The van der Waals surface area contributed by atoms with E-state index in [1.807, 2.05) is 0 Å². The molecule has 2 amide bonds. The van der Waals surface area contributed by atoms with Crippen LogP contribution in [-0.4, -0.2) is 59.1 Å². The number of benzene rings is 2. The lowest BCUT2D eigenvalue weighted by molar-refractivity contribution is -0.139. The highest BCUT2D eigenvalue weighted by atomic mass is 32.2. The topological polar surface area (TPSA) is 160 Å². The maximum absolute atomic E-state index is 14.9. The first-order valence-corrected chi connectivity index (χ1v) is 15.6. The minimum atomic E-state index is -4.65. The van der Waals surface area contributed by atoms with Crippen molar-refractivity contribution in [2.75, 3.05) is 38.2 Å². The molecule has 44 heavy (non-hydrogen) atoms. The summed E-state index contributed by atoms with van der Waals surface area (Å²) in [6, 6.07) is 13.6. The molecule has 0 bridgehead atoms. The molecule has 1 saturated carbocycles. The predicted molar refractivity (Wildman–Crippen MR) is 158 cm³/mol. The van der Waals surface area contributed by atoms with E-state index in [4.69, 9.17) is 14.2 Å². The minimum Gasteiger partial charge on any atom is -0.497 e. The third-order valence-corrected chi connectivity index (χ3v) is 10.4. The summed E-state index contributed by atoms with van der Waals surface area (Å²) in [5.74, 6) is -1.40. The van der Waals surface area contributed by atoms with Crippen LogP contribution in [0.25, 0.3) is 0 Å². The van der Waals surface area contributed by atoms with Crippen molar-refractivity contribution in [1.82, 2.24) is 15.6 Å². The molecule has 12 nitrogen and oxygen atoms in total. The number of carbonyl (C=O) groups is 2. The van der Waals surface area contributed by atoms with E-state index in [1.54, 1.807) is 19.1 Å². The van der Waals surface area contributed by atoms with Crippen molar-refractivity contribution in [2.45, 2.75) is 30.2 Å². The highest BCUT2D eigenvalue weighted by Gasteiger charge is 2.60. The average molecular weight is 618 g/mol. The van der Waals surface area contributed by atoms with Crippen molar-refractivity contribution in [3.05, 3.63) is 71.4 Å². The van der Waals surface area contributed by atoms with Gasteiger partial charge < -0.3 is 24.8 Å². The Labute approximate surface area is 255 Å². The maximum atomic E-state index is 14.9. The lowest BCUT2D eigenvalue weighted by Gasteiger charge is -2.54. The van der Waals surface area contributed by atoms with E-state index in [2.05, 4.69) is 21.7 Å². The van der Waals surface area contributed by atoms with Gasteiger partial charge in [0, 0.05) is 36.8 Å². The van der Waals surface area contributed by atoms with Gasteiger partial charge in [0.15, 0.2) is 5.54 Å². The van der Waals surface area contributed by atoms with Gasteiger partial charge in [-0.3, -0.25) is 9.59 Å². The first-order valence-electron chi connectivity index (χ1n) is 14.1. The van der Waals surface area contributed by atoms with Gasteiger partial charge in [0.2, 0.25) is 11.8 Å². The van der Waals surface area contributed by atoms with E-state index >= 15 is 0 Å². The fourth-order valence-corrected chi connectivity index (χ4v) is 7.99. The van der Waals surface area contributed by atoms with Crippen LogP contribution in [0.5, 0.6) is 17.4 Å². The van der Waals surface area contributed by atoms with Gasteiger partial charge in [0.25, 0.3) is 15.9 Å². The molecule has 2 fully saturated rings. The van der Waals surface area contributed by atoms with Gasteiger partial charge >= 0.3 is 0 Å². The Morgan fingerprint density at radius 1 is 1.14 bits per heavy atom. The van der Waals surface area contributed by atoms with E-state index in [9.17, 15) is 23.3 Å². The van der Waals surface area contributed by atoms with Gasteiger partial charge in [-0.2, -0.15) is 9.57 Å². The summed E-state index contributed by atoms with van der Waals surface area (Å²) < 4.78 is 46.0. The number of hydrogen-bond acceptors (Lipinski definition) is 10. The number of fused-ring (bicyclic) bond motifs is 1. The zero-order valence-electron chi connectivity index (χ0n) is 24.4. The van der Waals surface area contributed by atoms with Crippen LogP contribution < -0.4 is 29.1 Å². The fraction of sp³-hybridized carbons (Fsp3) is 0.355. The molecular formula is C31H31N5O7S. The maximum Gasteiger partial charge on any atom is 0.276 e. The normalized spacial score (nSPS) is 20.2. The number of nitrogens with zero attached hydrogens (tertiary/aromatic N) is 3. The fourth-order valence-electron chi connectivity index (χ4n) is 6.39. The molecule has 0 radical (unpaired) electrons. The zero-order valence-corrected chi connectivity index (χ0v) is 25.2. The van der Waals surface area contributed by atoms with Crippen molar-refractivity contribution in [3.63, 3.8) is 0 Å². The largest absolute Gasteiger partial charge is 0.497 e. The number of nitriles is 1. The number of rotatable bonds is 9. The molecule has 2 aromatic carbocycles. The van der Waals surface area contributed by atoms with Gasteiger partial charge in [-0.1, -0.05) is 0 Å². The number of carbonyl (C=O) groups excluding carboxylic acids is 2. The number of nitrogens with one attached hydrogen (secondary N) is 2. The quantitative estimate of drug-likeness (QED) is 0.365. The van der Waals surface area contributed by atoms with Crippen molar-refractivity contribution in [2.24, 2.45) is 11.3 Å². The van der Waals surface area contributed by atoms with Crippen molar-refractivity contribution >= 4 is 27.5 Å². The van der Waals surface area contributed by atoms with E-state index in [1.165, 1.54) is 56.8 Å². The highest BCUT2D eigenvalue weighted by molar-refractivity contribution is 7.93. The summed E-state index contributed by atoms with van der Waals surface area (Å²) in [7, 11) is -1.91. The molecule has 1 spiro atoms. The molecule has 13 heteroatoms. The molecule has 1 atom stereocenters. The molecule has 1 unspecified atom stereocenters. The van der Waals surface area contributed by atoms with E-state index < -0.39 is 27.4 Å². The van der Waals surface area contributed by atoms with Crippen LogP contribution in [0, 0.1) is 22.7 Å². The Morgan fingerprint density at radius 2 is 1.91 bits per heavy atom. The van der Waals surface area contributed by atoms with E-state index in [-0.39, 0.29) is 56.8 Å². The smallest absolute Gasteiger partial charge is 0.276 e. The Balaban J connectivity index is 1.56. The summed E-state index contributed by atoms with van der Waals surface area (Å²) in [4.78, 5) is 32.9. The summed E-state index contributed by atoms with van der Waals surface area (Å²) in [5, 5.41) is 16.0. The molecule has 2 N–H and O–H groups in total. The Kier molecular flexibility index (Phi) is 7.22. The molecule has 1 aliphatic carbocycles. The van der Waals surface area contributed by atoms with Crippen molar-refractivity contribution in [1.29, 1.82) is 5.26 Å². The number of aromatic nitrogens is 1. The number of sulfonamides is 1. The summed E-state index contributed by atoms with van der Waals surface area (Å²) in [6.45, 7) is 3.58. The van der Waals surface area contributed by atoms with E-state index in [0.717, 1.165) is 13.1 Å². The molecule has 2 aliphatic heterocycles. The monoisotopic (exact) mass is 617 g/mol. The van der Waals surface area contributed by atoms with Crippen LogP contribution in [0.3, 0.4) is 0 Å². The molecule has 228 valence electrons. The van der Waals surface area contributed by atoms with Gasteiger partial charge in [0.1, 0.15) is 16.4 Å². The summed E-state index contributed by atoms with van der Waals surface area (Å²) >= 11 is 0. The van der Waals surface area contributed by atoms with Crippen LogP contribution >= 0.6 is 0 Å². The SMILES string of the molecule is CCOc1ncccc1C1(NC(=O)C2CC3(CNC3)C2)C(=O)N(S(=O)(=O)c2ccc(OC)cc2OC)c2ccc(C#N)cc21. The molecule has 3 heterocycles. The van der Waals surface area contributed by atoms with Crippen molar-refractivity contribution < 1.29 is 32.2 Å². The number of methoxy groups -OCH3 is 2. The number of pyridine rings is 1. The lowest BCUT2D eigenvalue weighted by atomic mass is 9.58. The van der Waals surface area contributed by atoms with Gasteiger partial charge in [-0.15, -0.1) is 0 Å². The third kappa shape index (κ3) is 4.36. The van der Waals surface area contributed by atoms with Crippen LogP contribution in [0.1, 0.15) is 36.5 Å². The second-order valence-corrected chi connectivity index (χ2v) is 12.9. The van der Waals surface area contributed by atoms with Gasteiger partial charge in [-0.25, -0.2) is 13.4 Å². The molecule has 1 saturated heterocycles. The number of amides is 2. The first kappa shape index (κ1) is 29.4. The Morgan fingerprint density at radius 3 is 2.55 bits per heavy atom. The van der Waals surface area contributed by atoms with E-state index in [0.29, 0.717) is 22.9 Å². The zero-order chi connectivity index (χ0) is 31.3. The number of anilines is 1. The molecular weight excluding hydrogens is 586 g/mol. The average Bonchev–Trinajstić information content (AvgIpc) is 3.23. The van der Waals surface area contributed by atoms with Crippen LogP contribution in [-0.2, 0) is 25.2 Å². The van der Waals surface area contributed by atoms with Crippen molar-refractivity contribution in [3.8, 4) is 23.4 Å². The Hall–Kier alpha value is -4.67.